The molecule has 0 aliphatic heterocycles. The summed E-state index contributed by atoms with van der Waals surface area (Å²) in [6.45, 7) is 3.29. The fraction of sp³-hybridized carbons (Fsp3) is 0.148. The van der Waals surface area contributed by atoms with Gasteiger partial charge in [0.2, 0.25) is 5.89 Å². The van der Waals surface area contributed by atoms with E-state index >= 15 is 0 Å². The van der Waals surface area contributed by atoms with E-state index in [4.69, 9.17) is 10.2 Å². The molecule has 0 saturated carbocycles. The lowest BCUT2D eigenvalue weighted by Crippen LogP contribution is -2.26. The number of aryl methyl sites for hydroxylation is 1. The van der Waals surface area contributed by atoms with Crippen LogP contribution in [0.15, 0.2) is 70.1 Å². The molecule has 5 aromatic rings. The lowest BCUT2D eigenvalue weighted by atomic mass is 10.0. The van der Waals surface area contributed by atoms with E-state index in [1.165, 1.54) is 6.33 Å². The van der Waals surface area contributed by atoms with E-state index in [0.29, 0.717) is 39.6 Å². The van der Waals surface area contributed by atoms with Gasteiger partial charge in [0.25, 0.3) is 11.4 Å². The molecule has 4 N–H and O–H groups in total. The van der Waals surface area contributed by atoms with E-state index < -0.39 is 6.04 Å². The van der Waals surface area contributed by atoms with Crippen LogP contribution in [0.5, 0.6) is 0 Å². The molecule has 0 aliphatic carbocycles. The summed E-state index contributed by atoms with van der Waals surface area (Å²) in [5, 5.41) is 21.7. The Kier molecular flexibility index (Phi) is 6.36. The second-order valence-electron chi connectivity index (χ2n) is 8.25. The van der Waals surface area contributed by atoms with Gasteiger partial charge in [-0.15, -0.1) is 10.2 Å². The number of rotatable bonds is 5. The predicted molar refractivity (Wildman–Crippen MR) is 140 cm³/mol. The van der Waals surface area contributed by atoms with Gasteiger partial charge < -0.3 is 20.6 Å². The van der Waals surface area contributed by atoms with Crippen LogP contribution in [0, 0.1) is 18.8 Å². The Bertz CT molecular complexity index is 1720. The van der Waals surface area contributed by atoms with Crippen molar-refractivity contribution < 1.29 is 9.52 Å². The smallest absolute Gasteiger partial charge is 0.264 e. The van der Waals surface area contributed by atoms with Gasteiger partial charge in [-0.05, 0) is 36.6 Å². The van der Waals surface area contributed by atoms with Gasteiger partial charge >= 0.3 is 0 Å². The molecule has 0 amide bonds. The van der Waals surface area contributed by atoms with Crippen molar-refractivity contribution in [3.63, 3.8) is 0 Å². The molecule has 0 unspecified atom stereocenters. The fourth-order valence-corrected chi connectivity index (χ4v) is 4.18. The molecule has 2 aromatic carbocycles. The first-order valence-corrected chi connectivity index (χ1v) is 11.5. The third kappa shape index (κ3) is 4.51. The van der Waals surface area contributed by atoms with Gasteiger partial charge in [0.05, 0.1) is 11.4 Å². The molecule has 3 aromatic heterocycles. The fourth-order valence-electron chi connectivity index (χ4n) is 4.18. The lowest BCUT2D eigenvalue weighted by Gasteiger charge is -2.22. The van der Waals surface area contributed by atoms with E-state index in [0.717, 1.165) is 5.39 Å². The van der Waals surface area contributed by atoms with Gasteiger partial charge in [0.1, 0.15) is 30.1 Å². The summed E-state index contributed by atoms with van der Waals surface area (Å²) in [6.07, 6.45) is 1.34. The zero-order valence-corrected chi connectivity index (χ0v) is 20.1. The van der Waals surface area contributed by atoms with E-state index in [9.17, 15) is 9.90 Å². The van der Waals surface area contributed by atoms with Crippen molar-refractivity contribution in [1.82, 2.24) is 24.7 Å². The van der Waals surface area contributed by atoms with Gasteiger partial charge in [-0.2, -0.15) is 0 Å². The number of nitrogens with two attached hydrogens (primary N) is 1. The average molecular weight is 494 g/mol. The number of hydrogen-bond donors (Lipinski definition) is 3. The number of nitrogens with zero attached hydrogens (tertiary/aromatic N) is 5. The molecular weight excluding hydrogens is 470 g/mol. The van der Waals surface area contributed by atoms with Crippen molar-refractivity contribution in [1.29, 1.82) is 0 Å². The van der Waals surface area contributed by atoms with Crippen molar-refractivity contribution in [3.05, 3.63) is 88.4 Å². The van der Waals surface area contributed by atoms with Crippen molar-refractivity contribution in [2.24, 2.45) is 0 Å². The van der Waals surface area contributed by atoms with Crippen molar-refractivity contribution >= 4 is 22.4 Å². The van der Waals surface area contributed by atoms with Crippen LogP contribution in [0.2, 0.25) is 0 Å². The average Bonchev–Trinajstić information content (AvgIpc) is 3.33. The number of aliphatic hydroxyl groups is 1. The Balaban J connectivity index is 1.69. The molecule has 5 rings (SSSR count). The number of aromatic nitrogens is 5. The largest absolute Gasteiger partial charge is 0.421 e. The van der Waals surface area contributed by atoms with E-state index in [-0.39, 0.29) is 23.9 Å². The standard InChI is InChI=1S/C27H23N7O3/c1-16(31-25-23(24(28)29-15-30-25)26-33-32-17(2)37-26)21-14-19-9-6-8-18(10-7-13-35)22(19)27(36)34(21)20-11-4-3-5-12-20/h3-6,8-9,11-12,14-16,35H,13H2,1-2H3,(H3,28,29,30,31)/t16-/m0/s1. The van der Waals surface area contributed by atoms with Crippen LogP contribution < -0.4 is 16.6 Å². The van der Waals surface area contributed by atoms with Crippen LogP contribution in [-0.4, -0.2) is 36.4 Å². The minimum absolute atomic E-state index is 0.180. The van der Waals surface area contributed by atoms with Gasteiger partial charge in [0.15, 0.2) is 0 Å². The zero-order valence-electron chi connectivity index (χ0n) is 20.1. The number of hydrogen-bond acceptors (Lipinski definition) is 9. The molecule has 37 heavy (non-hydrogen) atoms. The first kappa shape index (κ1) is 23.7. The highest BCUT2D eigenvalue weighted by Crippen LogP contribution is 2.32. The Morgan fingerprint density at radius 2 is 1.95 bits per heavy atom. The van der Waals surface area contributed by atoms with Gasteiger partial charge in [-0.3, -0.25) is 9.36 Å². The predicted octanol–water partition coefficient (Wildman–Crippen LogP) is 3.24. The van der Waals surface area contributed by atoms with Crippen molar-refractivity contribution in [3.8, 4) is 29.0 Å². The summed E-state index contributed by atoms with van der Waals surface area (Å²) in [7, 11) is 0. The number of pyridine rings is 1. The number of anilines is 2. The van der Waals surface area contributed by atoms with Crippen LogP contribution in [0.25, 0.3) is 27.9 Å². The van der Waals surface area contributed by atoms with Crippen LogP contribution >= 0.6 is 0 Å². The quantitative estimate of drug-likeness (QED) is 0.314. The molecular formula is C27H23N7O3. The third-order valence-electron chi connectivity index (χ3n) is 5.81. The number of aliphatic hydroxyl groups excluding tert-OH is 1. The number of para-hydroxylation sites is 1. The molecule has 0 saturated heterocycles. The maximum absolute atomic E-state index is 14.0. The number of fused-ring (bicyclic) bond motifs is 1. The highest BCUT2D eigenvalue weighted by molar-refractivity contribution is 5.88. The zero-order chi connectivity index (χ0) is 25.9. The molecule has 184 valence electrons. The monoisotopic (exact) mass is 493 g/mol. The van der Waals surface area contributed by atoms with Gasteiger partial charge in [0, 0.05) is 23.9 Å². The molecule has 1 atom stereocenters. The Morgan fingerprint density at radius 1 is 1.14 bits per heavy atom. The van der Waals surface area contributed by atoms with Crippen LogP contribution in [0.1, 0.15) is 30.1 Å². The molecule has 0 radical (unpaired) electrons. The molecule has 0 fully saturated rings. The first-order valence-electron chi connectivity index (χ1n) is 11.5. The van der Waals surface area contributed by atoms with Crippen molar-refractivity contribution in [2.45, 2.75) is 19.9 Å². The second kappa shape index (κ2) is 9.93. The summed E-state index contributed by atoms with van der Waals surface area (Å²) in [4.78, 5) is 22.4. The highest BCUT2D eigenvalue weighted by atomic mass is 16.4. The summed E-state index contributed by atoms with van der Waals surface area (Å²) in [6, 6.07) is 16.3. The molecule has 3 heterocycles. The molecule has 10 nitrogen and oxygen atoms in total. The third-order valence-corrected chi connectivity index (χ3v) is 5.81. The first-order chi connectivity index (χ1) is 18.0. The van der Waals surface area contributed by atoms with Gasteiger partial charge in [-0.1, -0.05) is 42.2 Å². The summed E-state index contributed by atoms with van der Waals surface area (Å²) >= 11 is 0. The van der Waals surface area contributed by atoms with Crippen LogP contribution in [0.4, 0.5) is 11.6 Å². The van der Waals surface area contributed by atoms with E-state index in [2.05, 4.69) is 37.3 Å². The van der Waals surface area contributed by atoms with E-state index in [1.807, 2.05) is 55.5 Å². The number of benzene rings is 2. The lowest BCUT2D eigenvalue weighted by molar-refractivity contribution is 0.350. The number of nitrogens with one attached hydrogen (secondary N) is 1. The Morgan fingerprint density at radius 3 is 2.68 bits per heavy atom. The summed E-state index contributed by atoms with van der Waals surface area (Å²) in [5.74, 6) is 6.68. The summed E-state index contributed by atoms with van der Waals surface area (Å²) in [5.41, 5.74) is 8.22. The van der Waals surface area contributed by atoms with Crippen LogP contribution in [-0.2, 0) is 0 Å². The highest BCUT2D eigenvalue weighted by Gasteiger charge is 2.22. The summed E-state index contributed by atoms with van der Waals surface area (Å²) < 4.78 is 7.23. The maximum Gasteiger partial charge on any atom is 0.264 e. The Labute approximate surface area is 211 Å². The topological polar surface area (TPSA) is 145 Å². The molecule has 10 heteroatoms. The number of nitrogen functional groups attached to an aromatic ring is 1. The SMILES string of the molecule is Cc1nnc(-c2c(N)ncnc2N[C@@H](C)c2cc3cccc(C#CCO)c3c(=O)n2-c2ccccc2)o1. The molecule has 0 aliphatic rings. The molecule has 0 bridgehead atoms. The molecule has 0 spiro atoms. The minimum Gasteiger partial charge on any atom is -0.421 e. The Hall–Kier alpha value is -5.01. The maximum atomic E-state index is 14.0. The van der Waals surface area contributed by atoms with E-state index in [1.54, 1.807) is 17.6 Å². The van der Waals surface area contributed by atoms with Crippen LogP contribution in [0.3, 0.4) is 0 Å². The normalized spacial score (nSPS) is 11.6. The second-order valence-corrected chi connectivity index (χ2v) is 8.25. The van der Waals surface area contributed by atoms with Gasteiger partial charge in [-0.25, -0.2) is 9.97 Å². The minimum atomic E-state index is -0.415. The van der Waals surface area contributed by atoms with Crippen molar-refractivity contribution in [2.75, 3.05) is 17.7 Å².